The number of hydrogen-bond donors (Lipinski definition) is 2. The molecular weight excluding hydrogens is 338 g/mol. The molecule has 0 spiro atoms. The molecule has 8 nitrogen and oxygen atoms in total. The molecule has 1 aliphatic heterocycles. The molecule has 2 aromatic rings. The minimum atomic E-state index is -0.822. The summed E-state index contributed by atoms with van der Waals surface area (Å²) in [4.78, 5) is 22.8. The van der Waals surface area contributed by atoms with Crippen LogP contribution in [0.5, 0.6) is 11.5 Å². The van der Waals surface area contributed by atoms with Gasteiger partial charge in [-0.1, -0.05) is 30.8 Å². The number of para-hydroxylation sites is 2. The molecule has 134 valence electrons. The summed E-state index contributed by atoms with van der Waals surface area (Å²) in [6.07, 6.45) is -0.822. The van der Waals surface area contributed by atoms with Crippen molar-refractivity contribution in [3.63, 3.8) is 0 Å². The highest BCUT2D eigenvalue weighted by molar-refractivity contribution is 5.82. The molecule has 1 atom stereocenters. The van der Waals surface area contributed by atoms with Crippen LogP contribution in [0.3, 0.4) is 0 Å². The van der Waals surface area contributed by atoms with Gasteiger partial charge < -0.3 is 9.47 Å². The molecule has 26 heavy (non-hydrogen) atoms. The van der Waals surface area contributed by atoms with Gasteiger partial charge in [-0.05, 0) is 19.1 Å². The summed E-state index contributed by atoms with van der Waals surface area (Å²) >= 11 is 0. The van der Waals surface area contributed by atoms with Gasteiger partial charge in [0.2, 0.25) is 6.10 Å². The lowest BCUT2D eigenvalue weighted by molar-refractivity contribution is -0.385. The standard InChI is InChI=1S/C18H17N3O5/c1-11-7-8-13(9-14(11)21(23)24)12(2)19-20-18(22)17-10-25-15-5-3-4-6-16(15)26-17/h3-9,17,19H,2,10H2,1H3,(H,20,22)/t17-/m1/s1. The Morgan fingerprint density at radius 3 is 2.69 bits per heavy atom. The van der Waals surface area contributed by atoms with E-state index >= 15 is 0 Å². The molecule has 0 aliphatic carbocycles. The highest BCUT2D eigenvalue weighted by Gasteiger charge is 2.27. The number of nitro benzene ring substituents is 1. The second-order valence-corrected chi connectivity index (χ2v) is 5.72. The minimum Gasteiger partial charge on any atom is -0.485 e. The fourth-order valence-electron chi connectivity index (χ4n) is 2.43. The number of nitrogens with one attached hydrogen (secondary N) is 2. The SMILES string of the molecule is C=C(NNC(=O)[C@H]1COc2ccccc2O1)c1ccc(C)c([N+](=O)[O-])c1. The monoisotopic (exact) mass is 355 g/mol. The Morgan fingerprint density at radius 1 is 1.23 bits per heavy atom. The van der Waals surface area contributed by atoms with Gasteiger partial charge in [-0.2, -0.15) is 0 Å². The summed E-state index contributed by atoms with van der Waals surface area (Å²) in [5, 5.41) is 11.0. The third-order valence-electron chi connectivity index (χ3n) is 3.89. The van der Waals surface area contributed by atoms with E-state index in [2.05, 4.69) is 17.4 Å². The Kier molecular flexibility index (Phi) is 4.74. The van der Waals surface area contributed by atoms with Crippen molar-refractivity contribution in [2.75, 3.05) is 6.61 Å². The van der Waals surface area contributed by atoms with E-state index < -0.39 is 16.9 Å². The Hall–Kier alpha value is -3.55. The summed E-state index contributed by atoms with van der Waals surface area (Å²) in [6.45, 7) is 5.51. The molecule has 0 aromatic heterocycles. The van der Waals surface area contributed by atoms with Crippen LogP contribution >= 0.6 is 0 Å². The van der Waals surface area contributed by atoms with E-state index in [1.165, 1.54) is 6.07 Å². The third kappa shape index (κ3) is 3.59. The Balaban J connectivity index is 1.61. The van der Waals surface area contributed by atoms with Gasteiger partial charge in [0.25, 0.3) is 11.6 Å². The molecule has 0 radical (unpaired) electrons. The average Bonchev–Trinajstić information content (AvgIpc) is 2.65. The summed E-state index contributed by atoms with van der Waals surface area (Å²) in [7, 11) is 0. The van der Waals surface area contributed by atoms with Crippen molar-refractivity contribution in [2.45, 2.75) is 13.0 Å². The number of ether oxygens (including phenoxy) is 2. The van der Waals surface area contributed by atoms with Gasteiger partial charge in [0, 0.05) is 17.2 Å². The number of carbonyl (C=O) groups excluding carboxylic acids is 1. The lowest BCUT2D eigenvalue weighted by Crippen LogP contribution is -2.48. The molecule has 0 unspecified atom stereocenters. The van der Waals surface area contributed by atoms with Gasteiger partial charge in [-0.3, -0.25) is 25.8 Å². The van der Waals surface area contributed by atoms with E-state index in [1.807, 2.05) is 6.07 Å². The first-order valence-electron chi connectivity index (χ1n) is 7.84. The van der Waals surface area contributed by atoms with Crippen LogP contribution in [-0.4, -0.2) is 23.5 Å². The second kappa shape index (κ2) is 7.14. The van der Waals surface area contributed by atoms with Crippen LogP contribution < -0.4 is 20.3 Å². The van der Waals surface area contributed by atoms with Crippen LogP contribution in [0, 0.1) is 17.0 Å². The molecule has 1 heterocycles. The zero-order chi connectivity index (χ0) is 18.7. The van der Waals surface area contributed by atoms with E-state index in [-0.39, 0.29) is 12.3 Å². The number of rotatable bonds is 5. The van der Waals surface area contributed by atoms with Crippen LogP contribution in [-0.2, 0) is 4.79 Å². The highest BCUT2D eigenvalue weighted by atomic mass is 16.6. The number of nitro groups is 1. The van der Waals surface area contributed by atoms with Crippen LogP contribution in [0.1, 0.15) is 11.1 Å². The largest absolute Gasteiger partial charge is 0.485 e. The van der Waals surface area contributed by atoms with Crippen molar-refractivity contribution >= 4 is 17.3 Å². The van der Waals surface area contributed by atoms with Gasteiger partial charge in [0.15, 0.2) is 11.5 Å². The molecule has 1 aliphatic rings. The lowest BCUT2D eigenvalue weighted by Gasteiger charge is -2.25. The number of amides is 1. The molecule has 2 aromatic carbocycles. The predicted molar refractivity (Wildman–Crippen MR) is 94.5 cm³/mol. The summed E-state index contributed by atoms with van der Waals surface area (Å²) < 4.78 is 11.1. The smallest absolute Gasteiger partial charge is 0.282 e. The first kappa shape index (κ1) is 17.3. The number of fused-ring (bicyclic) bond motifs is 1. The number of aryl methyl sites for hydroxylation is 1. The molecule has 0 fully saturated rings. The minimum absolute atomic E-state index is 0.0163. The van der Waals surface area contributed by atoms with Crippen molar-refractivity contribution in [2.24, 2.45) is 0 Å². The Morgan fingerprint density at radius 2 is 1.96 bits per heavy atom. The first-order chi connectivity index (χ1) is 12.5. The van der Waals surface area contributed by atoms with Crippen LogP contribution in [0.25, 0.3) is 5.70 Å². The zero-order valence-corrected chi connectivity index (χ0v) is 14.0. The molecule has 3 rings (SSSR count). The van der Waals surface area contributed by atoms with Crippen molar-refractivity contribution in [3.8, 4) is 11.5 Å². The Bertz CT molecular complexity index is 881. The molecule has 0 saturated carbocycles. The molecule has 8 heteroatoms. The van der Waals surface area contributed by atoms with Gasteiger partial charge in [-0.25, -0.2) is 0 Å². The van der Waals surface area contributed by atoms with E-state index in [1.54, 1.807) is 37.3 Å². The summed E-state index contributed by atoms with van der Waals surface area (Å²) in [6, 6.07) is 11.8. The fourth-order valence-corrected chi connectivity index (χ4v) is 2.43. The molecule has 1 amide bonds. The van der Waals surface area contributed by atoms with Crippen LogP contribution in [0.2, 0.25) is 0 Å². The summed E-state index contributed by atoms with van der Waals surface area (Å²) in [5.74, 6) is 0.634. The highest BCUT2D eigenvalue weighted by Crippen LogP contribution is 2.30. The fraction of sp³-hybridized carbons (Fsp3) is 0.167. The van der Waals surface area contributed by atoms with E-state index in [4.69, 9.17) is 9.47 Å². The Labute approximate surface area is 149 Å². The number of benzene rings is 2. The van der Waals surface area contributed by atoms with Crippen molar-refractivity contribution < 1.29 is 19.2 Å². The molecular formula is C18H17N3O5. The topological polar surface area (TPSA) is 103 Å². The maximum absolute atomic E-state index is 12.2. The molecule has 2 N–H and O–H groups in total. The van der Waals surface area contributed by atoms with Crippen molar-refractivity contribution in [3.05, 3.63) is 70.3 Å². The first-order valence-corrected chi connectivity index (χ1v) is 7.84. The van der Waals surface area contributed by atoms with Crippen molar-refractivity contribution in [1.82, 2.24) is 10.9 Å². The van der Waals surface area contributed by atoms with E-state index in [0.717, 1.165) is 0 Å². The number of nitrogens with zero attached hydrogens (tertiary/aromatic N) is 1. The third-order valence-corrected chi connectivity index (χ3v) is 3.89. The second-order valence-electron chi connectivity index (χ2n) is 5.72. The average molecular weight is 355 g/mol. The molecule has 0 saturated heterocycles. The van der Waals surface area contributed by atoms with Gasteiger partial charge in [0.1, 0.15) is 6.61 Å². The number of hydrazine groups is 1. The maximum atomic E-state index is 12.2. The lowest BCUT2D eigenvalue weighted by atomic mass is 10.1. The van der Waals surface area contributed by atoms with E-state index in [9.17, 15) is 14.9 Å². The summed E-state index contributed by atoms with van der Waals surface area (Å²) in [5.41, 5.74) is 6.47. The molecule has 0 bridgehead atoms. The van der Waals surface area contributed by atoms with Crippen LogP contribution in [0.4, 0.5) is 5.69 Å². The van der Waals surface area contributed by atoms with Gasteiger partial charge >= 0.3 is 0 Å². The quantitative estimate of drug-likeness (QED) is 0.630. The number of hydrogen-bond acceptors (Lipinski definition) is 6. The maximum Gasteiger partial charge on any atom is 0.282 e. The normalized spacial score (nSPS) is 15.0. The van der Waals surface area contributed by atoms with Gasteiger partial charge in [-0.15, -0.1) is 0 Å². The zero-order valence-electron chi connectivity index (χ0n) is 14.0. The van der Waals surface area contributed by atoms with E-state index in [0.29, 0.717) is 28.3 Å². The van der Waals surface area contributed by atoms with Crippen LogP contribution in [0.15, 0.2) is 49.0 Å². The number of carbonyl (C=O) groups is 1. The van der Waals surface area contributed by atoms with Gasteiger partial charge in [0.05, 0.1) is 10.6 Å². The van der Waals surface area contributed by atoms with Crippen molar-refractivity contribution in [1.29, 1.82) is 0 Å². The predicted octanol–water partition coefficient (Wildman–Crippen LogP) is 2.33.